The highest BCUT2D eigenvalue weighted by molar-refractivity contribution is 9.10. The molecule has 0 N–H and O–H groups in total. The minimum absolute atomic E-state index is 0.131. The van der Waals surface area contributed by atoms with Gasteiger partial charge in [-0.3, -0.25) is 4.18 Å². The minimum Gasteiger partial charge on any atom is -0.456 e. The summed E-state index contributed by atoms with van der Waals surface area (Å²) in [6.07, 6.45) is 0.972. The third kappa shape index (κ3) is 6.49. The fourth-order valence-corrected chi connectivity index (χ4v) is 2.25. The lowest BCUT2D eigenvalue weighted by Gasteiger charge is -2.19. The molecule has 0 atom stereocenters. The van der Waals surface area contributed by atoms with Gasteiger partial charge in [0.25, 0.3) is 10.1 Å². The van der Waals surface area contributed by atoms with Gasteiger partial charge in [-0.15, -0.1) is 0 Å². The van der Waals surface area contributed by atoms with E-state index < -0.39 is 21.7 Å². The van der Waals surface area contributed by atoms with Gasteiger partial charge in [0, 0.05) is 4.47 Å². The molecule has 1 aromatic carbocycles. The molecule has 0 fully saturated rings. The van der Waals surface area contributed by atoms with Gasteiger partial charge in [0.05, 0.1) is 18.4 Å². The summed E-state index contributed by atoms with van der Waals surface area (Å²) >= 11 is 3.27. The van der Waals surface area contributed by atoms with E-state index in [1.165, 1.54) is 0 Å². The molecule has 0 aliphatic heterocycles. The largest absolute Gasteiger partial charge is 0.456 e. The van der Waals surface area contributed by atoms with Crippen molar-refractivity contribution >= 4 is 32.0 Å². The molecular weight excluding hydrogens is 348 g/mol. The predicted octanol–water partition coefficient (Wildman–Crippen LogP) is 2.88. The zero-order chi connectivity index (χ0) is 15.6. The molecule has 0 heterocycles. The van der Waals surface area contributed by atoms with Gasteiger partial charge in [0.15, 0.2) is 0 Å². The Morgan fingerprint density at radius 3 is 2.35 bits per heavy atom. The van der Waals surface area contributed by atoms with E-state index in [0.717, 1.165) is 6.26 Å². The van der Waals surface area contributed by atoms with Crippen LogP contribution in [0.2, 0.25) is 0 Å². The van der Waals surface area contributed by atoms with Gasteiger partial charge < -0.3 is 4.74 Å². The van der Waals surface area contributed by atoms with Gasteiger partial charge in [-0.05, 0) is 44.5 Å². The second-order valence-electron chi connectivity index (χ2n) is 5.32. The number of esters is 1. The Bertz CT molecular complexity index is 602. The Morgan fingerprint density at radius 2 is 1.85 bits per heavy atom. The van der Waals surface area contributed by atoms with Crippen LogP contribution in [0.15, 0.2) is 22.7 Å². The van der Waals surface area contributed by atoms with E-state index in [0.29, 0.717) is 15.6 Å². The van der Waals surface area contributed by atoms with Gasteiger partial charge in [-0.1, -0.05) is 15.9 Å². The molecule has 20 heavy (non-hydrogen) atoms. The van der Waals surface area contributed by atoms with Crippen LogP contribution in [0.3, 0.4) is 0 Å². The van der Waals surface area contributed by atoms with Crippen molar-refractivity contribution in [2.24, 2.45) is 0 Å². The number of benzene rings is 1. The van der Waals surface area contributed by atoms with Crippen molar-refractivity contribution in [2.75, 3.05) is 6.26 Å². The second-order valence-corrected chi connectivity index (χ2v) is 7.88. The maximum Gasteiger partial charge on any atom is 0.338 e. The highest BCUT2D eigenvalue weighted by Crippen LogP contribution is 2.20. The summed E-state index contributed by atoms with van der Waals surface area (Å²) in [6.45, 7) is 5.19. The van der Waals surface area contributed by atoms with Crippen molar-refractivity contribution in [3.63, 3.8) is 0 Å². The summed E-state index contributed by atoms with van der Waals surface area (Å²) in [5.41, 5.74) is 0.301. The molecule has 1 rings (SSSR count). The molecule has 0 saturated heterocycles. The molecule has 0 aliphatic carbocycles. The van der Waals surface area contributed by atoms with Crippen LogP contribution in [0.4, 0.5) is 0 Å². The fourth-order valence-electron chi connectivity index (χ4n) is 1.36. The smallest absolute Gasteiger partial charge is 0.338 e. The van der Waals surface area contributed by atoms with Crippen molar-refractivity contribution in [2.45, 2.75) is 33.0 Å². The van der Waals surface area contributed by atoms with E-state index in [4.69, 9.17) is 8.92 Å². The summed E-state index contributed by atoms with van der Waals surface area (Å²) in [7, 11) is -3.53. The monoisotopic (exact) mass is 364 g/mol. The van der Waals surface area contributed by atoms with E-state index in [1.807, 2.05) is 0 Å². The third-order valence-electron chi connectivity index (χ3n) is 2.03. The lowest BCUT2D eigenvalue weighted by molar-refractivity contribution is 0.00693. The van der Waals surface area contributed by atoms with Crippen LogP contribution >= 0.6 is 15.9 Å². The minimum atomic E-state index is -3.53. The van der Waals surface area contributed by atoms with Gasteiger partial charge >= 0.3 is 5.97 Å². The summed E-state index contributed by atoms with van der Waals surface area (Å²) in [5.74, 6) is -0.473. The zero-order valence-electron chi connectivity index (χ0n) is 11.8. The van der Waals surface area contributed by atoms with Crippen molar-refractivity contribution < 1.29 is 22.1 Å². The van der Waals surface area contributed by atoms with Crippen LogP contribution in [-0.2, 0) is 25.6 Å². The van der Waals surface area contributed by atoms with E-state index in [9.17, 15) is 13.2 Å². The molecule has 0 unspecified atom stereocenters. The van der Waals surface area contributed by atoms with Crippen molar-refractivity contribution in [3.05, 3.63) is 33.8 Å². The molecule has 1 aromatic rings. The number of hydrogen-bond donors (Lipinski definition) is 0. The number of halogens is 1. The normalized spacial score (nSPS) is 12.2. The number of rotatable bonds is 4. The van der Waals surface area contributed by atoms with E-state index in [1.54, 1.807) is 39.0 Å². The first-order valence-electron chi connectivity index (χ1n) is 5.83. The average Bonchev–Trinajstić information content (AvgIpc) is 2.22. The SMILES string of the molecule is CC(C)(C)OC(=O)c1cc(Br)cc(COS(C)(=O)=O)c1. The van der Waals surface area contributed by atoms with Crippen molar-refractivity contribution in [1.29, 1.82) is 0 Å². The molecule has 112 valence electrons. The Hall–Kier alpha value is -0.920. The lowest BCUT2D eigenvalue weighted by Crippen LogP contribution is -2.24. The molecule has 0 radical (unpaired) electrons. The third-order valence-corrected chi connectivity index (χ3v) is 3.04. The van der Waals surface area contributed by atoms with E-state index >= 15 is 0 Å². The van der Waals surface area contributed by atoms with Crippen molar-refractivity contribution in [3.8, 4) is 0 Å². The highest BCUT2D eigenvalue weighted by Gasteiger charge is 2.18. The van der Waals surface area contributed by atoms with Gasteiger partial charge in [-0.25, -0.2) is 4.79 Å². The number of carbonyl (C=O) groups is 1. The van der Waals surface area contributed by atoms with Crippen molar-refractivity contribution in [1.82, 2.24) is 0 Å². The fraction of sp³-hybridized carbons (Fsp3) is 0.462. The van der Waals surface area contributed by atoms with Crippen LogP contribution in [-0.4, -0.2) is 26.2 Å². The van der Waals surface area contributed by atoms with Crippen LogP contribution in [0.25, 0.3) is 0 Å². The second kappa shape index (κ2) is 6.24. The number of carbonyl (C=O) groups excluding carboxylic acids is 1. The van der Waals surface area contributed by atoms with Gasteiger partial charge in [0.1, 0.15) is 5.60 Å². The Labute approximate surface area is 127 Å². The topological polar surface area (TPSA) is 69.7 Å². The first-order valence-corrected chi connectivity index (χ1v) is 8.44. The molecule has 0 aromatic heterocycles. The van der Waals surface area contributed by atoms with E-state index in [2.05, 4.69) is 15.9 Å². The van der Waals surface area contributed by atoms with Crippen LogP contribution in [0, 0.1) is 0 Å². The predicted molar refractivity (Wildman–Crippen MR) is 78.9 cm³/mol. The summed E-state index contributed by atoms with van der Waals surface area (Å²) in [5, 5.41) is 0. The van der Waals surface area contributed by atoms with Crippen LogP contribution in [0.5, 0.6) is 0 Å². The van der Waals surface area contributed by atoms with Gasteiger partial charge in [-0.2, -0.15) is 8.42 Å². The number of ether oxygens (including phenoxy) is 1. The maximum atomic E-state index is 12.0. The molecule has 0 aliphatic rings. The first kappa shape index (κ1) is 17.1. The molecule has 0 bridgehead atoms. The molecular formula is C13H17BrO5S. The molecule has 7 heteroatoms. The Kier molecular flexibility index (Phi) is 5.34. The molecule has 0 spiro atoms. The summed E-state index contributed by atoms with van der Waals surface area (Å²) in [4.78, 5) is 12.0. The van der Waals surface area contributed by atoms with Crippen LogP contribution < -0.4 is 0 Å². The highest BCUT2D eigenvalue weighted by atomic mass is 79.9. The Morgan fingerprint density at radius 1 is 1.25 bits per heavy atom. The summed E-state index contributed by atoms with van der Waals surface area (Å²) < 4.78 is 32.6. The molecule has 5 nitrogen and oxygen atoms in total. The maximum absolute atomic E-state index is 12.0. The zero-order valence-corrected chi connectivity index (χ0v) is 14.2. The van der Waals surface area contributed by atoms with Gasteiger partial charge in [0.2, 0.25) is 0 Å². The Balaban J connectivity index is 2.94. The average molecular weight is 365 g/mol. The number of hydrogen-bond acceptors (Lipinski definition) is 5. The van der Waals surface area contributed by atoms with E-state index in [-0.39, 0.29) is 6.61 Å². The molecule has 0 amide bonds. The quantitative estimate of drug-likeness (QED) is 0.606. The van der Waals surface area contributed by atoms with Crippen LogP contribution in [0.1, 0.15) is 36.7 Å². The molecule has 0 saturated carbocycles. The summed E-state index contributed by atoms with van der Waals surface area (Å²) in [6, 6.07) is 4.83. The first-order chi connectivity index (χ1) is 8.96. The standard InChI is InChI=1S/C13H17BrO5S/c1-13(2,3)19-12(15)10-5-9(6-11(14)7-10)8-18-20(4,16)17/h5-7H,8H2,1-4H3. The lowest BCUT2D eigenvalue weighted by atomic mass is 10.1.